The molecule has 4 nitrogen and oxygen atoms in total. The molecule has 0 bridgehead atoms. The highest BCUT2D eigenvalue weighted by Gasteiger charge is 1.98. The lowest BCUT2D eigenvalue weighted by atomic mass is 10.2. The second-order valence-electron chi connectivity index (χ2n) is 3.10. The predicted molar refractivity (Wildman–Crippen MR) is 63.1 cm³/mol. The molecular formula is C12H20O4. The molecular weight excluding hydrogens is 208 g/mol. The molecule has 0 saturated heterocycles. The van der Waals surface area contributed by atoms with Crippen LogP contribution in [0, 0.1) is 0 Å². The zero-order valence-electron chi connectivity index (χ0n) is 10.4. The standard InChI is InChI=1S/2C6H10O2/c1-4-8-6(7)5(2)3;1-3-4-5(2)6(7)8/h2,4H2,1,3H3;4H,3H2,1-2H3,(H,7,8). The van der Waals surface area contributed by atoms with Crippen molar-refractivity contribution in [1.29, 1.82) is 0 Å². The van der Waals surface area contributed by atoms with E-state index in [0.29, 0.717) is 17.8 Å². The summed E-state index contributed by atoms with van der Waals surface area (Å²) in [5, 5.41) is 8.24. The summed E-state index contributed by atoms with van der Waals surface area (Å²) in [6.45, 7) is 10.7. The van der Waals surface area contributed by atoms with Gasteiger partial charge in [0.05, 0.1) is 6.61 Å². The van der Waals surface area contributed by atoms with Crippen LogP contribution in [-0.2, 0) is 14.3 Å². The van der Waals surface area contributed by atoms with E-state index in [1.165, 1.54) is 0 Å². The Hall–Kier alpha value is -1.58. The predicted octanol–water partition coefficient (Wildman–Crippen LogP) is 2.55. The molecule has 0 aromatic rings. The second kappa shape index (κ2) is 9.96. The van der Waals surface area contributed by atoms with Crippen LogP contribution in [0.1, 0.15) is 34.1 Å². The number of esters is 1. The maximum atomic E-state index is 10.4. The minimum absolute atomic E-state index is 0.312. The van der Waals surface area contributed by atoms with Crippen molar-refractivity contribution < 1.29 is 19.4 Å². The molecule has 0 spiro atoms. The number of allylic oxidation sites excluding steroid dienone is 1. The van der Waals surface area contributed by atoms with Gasteiger partial charge in [0.2, 0.25) is 0 Å². The molecule has 0 aliphatic carbocycles. The average Bonchev–Trinajstić information content (AvgIpc) is 2.19. The van der Waals surface area contributed by atoms with E-state index in [1.807, 2.05) is 6.92 Å². The molecule has 0 unspecified atom stereocenters. The van der Waals surface area contributed by atoms with Gasteiger partial charge in [0.15, 0.2) is 0 Å². The Balaban J connectivity index is 0. The molecule has 0 heterocycles. The Morgan fingerprint density at radius 2 is 1.81 bits per heavy atom. The lowest BCUT2D eigenvalue weighted by Gasteiger charge is -1.96. The van der Waals surface area contributed by atoms with Crippen molar-refractivity contribution in [3.8, 4) is 0 Å². The third-order valence-electron chi connectivity index (χ3n) is 1.47. The number of rotatable bonds is 4. The summed E-state index contributed by atoms with van der Waals surface area (Å²) in [6, 6.07) is 0. The van der Waals surface area contributed by atoms with Gasteiger partial charge in [0.1, 0.15) is 0 Å². The van der Waals surface area contributed by atoms with Crippen molar-refractivity contribution in [1.82, 2.24) is 0 Å². The van der Waals surface area contributed by atoms with E-state index in [1.54, 1.807) is 26.8 Å². The Kier molecular flexibility index (Phi) is 10.5. The van der Waals surface area contributed by atoms with E-state index >= 15 is 0 Å². The number of hydrogen-bond donors (Lipinski definition) is 1. The molecule has 0 radical (unpaired) electrons. The summed E-state index contributed by atoms with van der Waals surface area (Å²) in [5.74, 6) is -1.14. The molecule has 0 amide bonds. The van der Waals surface area contributed by atoms with Crippen molar-refractivity contribution in [3.63, 3.8) is 0 Å². The quantitative estimate of drug-likeness (QED) is 0.593. The van der Waals surface area contributed by atoms with Crippen LogP contribution in [0.15, 0.2) is 23.8 Å². The molecule has 0 rings (SSSR count). The number of carboxylic acids is 1. The van der Waals surface area contributed by atoms with Gasteiger partial charge in [-0.25, -0.2) is 9.59 Å². The molecule has 1 N–H and O–H groups in total. The summed E-state index contributed by atoms with van der Waals surface area (Å²) >= 11 is 0. The first-order chi connectivity index (χ1) is 7.36. The summed E-state index contributed by atoms with van der Waals surface area (Å²) in [6.07, 6.45) is 2.47. The SMILES string of the molecule is C=C(C)C(=O)OCC.CCC=C(C)C(=O)O. The highest BCUT2D eigenvalue weighted by Crippen LogP contribution is 1.92. The minimum atomic E-state index is -0.827. The summed E-state index contributed by atoms with van der Waals surface area (Å²) in [4.78, 5) is 20.4. The molecule has 4 heteroatoms. The first-order valence-corrected chi connectivity index (χ1v) is 5.09. The Bertz CT molecular complexity index is 277. The van der Waals surface area contributed by atoms with Gasteiger partial charge in [-0.2, -0.15) is 0 Å². The largest absolute Gasteiger partial charge is 0.478 e. The van der Waals surface area contributed by atoms with Gasteiger partial charge in [-0.3, -0.25) is 0 Å². The van der Waals surface area contributed by atoms with Gasteiger partial charge in [0.25, 0.3) is 0 Å². The third-order valence-corrected chi connectivity index (χ3v) is 1.47. The van der Waals surface area contributed by atoms with Crippen molar-refractivity contribution in [2.24, 2.45) is 0 Å². The summed E-state index contributed by atoms with van der Waals surface area (Å²) < 4.78 is 4.56. The fraction of sp³-hybridized carbons (Fsp3) is 0.500. The van der Waals surface area contributed by atoms with Gasteiger partial charge in [-0.05, 0) is 27.2 Å². The zero-order valence-corrected chi connectivity index (χ0v) is 10.4. The van der Waals surface area contributed by atoms with Gasteiger partial charge < -0.3 is 9.84 Å². The van der Waals surface area contributed by atoms with E-state index < -0.39 is 5.97 Å². The second-order valence-corrected chi connectivity index (χ2v) is 3.10. The van der Waals surface area contributed by atoms with Crippen LogP contribution in [0.4, 0.5) is 0 Å². The molecule has 16 heavy (non-hydrogen) atoms. The molecule has 92 valence electrons. The monoisotopic (exact) mass is 228 g/mol. The Morgan fingerprint density at radius 3 is 1.94 bits per heavy atom. The number of ether oxygens (including phenoxy) is 1. The average molecular weight is 228 g/mol. The summed E-state index contributed by atoms with van der Waals surface area (Å²) in [7, 11) is 0. The highest BCUT2D eigenvalue weighted by molar-refractivity contribution is 5.86. The highest BCUT2D eigenvalue weighted by atomic mass is 16.5. The maximum Gasteiger partial charge on any atom is 0.333 e. The molecule has 0 fully saturated rings. The maximum absolute atomic E-state index is 10.4. The van der Waals surface area contributed by atoms with E-state index in [0.717, 1.165) is 6.42 Å². The first-order valence-electron chi connectivity index (χ1n) is 5.09. The van der Waals surface area contributed by atoms with E-state index in [4.69, 9.17) is 5.11 Å². The number of carbonyl (C=O) groups is 2. The van der Waals surface area contributed by atoms with E-state index in [2.05, 4.69) is 11.3 Å². The van der Waals surface area contributed by atoms with Crippen LogP contribution >= 0.6 is 0 Å². The van der Waals surface area contributed by atoms with Crippen LogP contribution in [0.2, 0.25) is 0 Å². The molecule has 0 atom stereocenters. The molecule has 0 saturated carbocycles. The van der Waals surface area contributed by atoms with Gasteiger partial charge in [-0.1, -0.05) is 19.6 Å². The molecule has 0 aromatic heterocycles. The van der Waals surface area contributed by atoms with Crippen LogP contribution < -0.4 is 0 Å². The number of carbonyl (C=O) groups excluding carboxylic acids is 1. The minimum Gasteiger partial charge on any atom is -0.478 e. The van der Waals surface area contributed by atoms with Crippen LogP contribution in [0.25, 0.3) is 0 Å². The zero-order chi connectivity index (χ0) is 13.1. The van der Waals surface area contributed by atoms with Crippen molar-refractivity contribution in [2.45, 2.75) is 34.1 Å². The fourth-order valence-electron chi connectivity index (χ4n) is 0.648. The Morgan fingerprint density at radius 1 is 1.31 bits per heavy atom. The summed E-state index contributed by atoms with van der Waals surface area (Å²) in [5.41, 5.74) is 0.874. The normalized spacial score (nSPS) is 9.88. The van der Waals surface area contributed by atoms with Crippen molar-refractivity contribution in [3.05, 3.63) is 23.8 Å². The van der Waals surface area contributed by atoms with Crippen molar-refractivity contribution >= 4 is 11.9 Å². The topological polar surface area (TPSA) is 63.6 Å². The van der Waals surface area contributed by atoms with Gasteiger partial charge in [0, 0.05) is 11.1 Å². The van der Waals surface area contributed by atoms with Crippen LogP contribution in [-0.4, -0.2) is 23.7 Å². The van der Waals surface area contributed by atoms with Crippen molar-refractivity contribution in [2.75, 3.05) is 6.61 Å². The van der Waals surface area contributed by atoms with Crippen LogP contribution in [0.5, 0.6) is 0 Å². The molecule has 0 aliphatic rings. The van der Waals surface area contributed by atoms with E-state index in [9.17, 15) is 9.59 Å². The lowest BCUT2D eigenvalue weighted by molar-refractivity contribution is -0.138. The molecule has 0 aliphatic heterocycles. The smallest absolute Gasteiger partial charge is 0.333 e. The fourth-order valence-corrected chi connectivity index (χ4v) is 0.648. The van der Waals surface area contributed by atoms with Gasteiger partial charge in [-0.15, -0.1) is 0 Å². The van der Waals surface area contributed by atoms with E-state index in [-0.39, 0.29) is 5.97 Å². The Labute approximate surface area is 96.6 Å². The van der Waals surface area contributed by atoms with Crippen LogP contribution in [0.3, 0.4) is 0 Å². The number of aliphatic carboxylic acids is 1. The first kappa shape index (κ1) is 16.8. The lowest BCUT2D eigenvalue weighted by Crippen LogP contribution is -2.03. The number of carboxylic acid groups (broad SMARTS) is 1. The number of hydrogen-bond acceptors (Lipinski definition) is 3. The third kappa shape index (κ3) is 10.5. The molecule has 0 aromatic carbocycles. The van der Waals surface area contributed by atoms with Gasteiger partial charge >= 0.3 is 11.9 Å².